The van der Waals surface area contributed by atoms with E-state index in [1.807, 2.05) is 24.2 Å². The number of nitrogens with zero attached hydrogens (tertiary/aromatic N) is 4. The van der Waals surface area contributed by atoms with E-state index in [0.29, 0.717) is 10.8 Å². The number of likely N-dealkylation sites (tertiary alicyclic amines) is 1. The number of aromatic nitrogens is 3. The predicted molar refractivity (Wildman–Crippen MR) is 168 cm³/mol. The fourth-order valence-corrected chi connectivity index (χ4v) is 8.30. The Hall–Kier alpha value is -3.91. The zero-order valence-corrected chi connectivity index (χ0v) is 25.0. The number of carbonyl (C=O) groups excluding carboxylic acids is 1. The molecule has 1 aliphatic carbocycles. The highest BCUT2D eigenvalue weighted by Gasteiger charge is 2.32. The van der Waals surface area contributed by atoms with E-state index in [0.717, 1.165) is 76.0 Å². The predicted octanol–water partition coefficient (Wildman–Crippen LogP) is 7.68. The Kier molecular flexibility index (Phi) is 6.89. The van der Waals surface area contributed by atoms with E-state index in [4.69, 9.17) is 4.98 Å². The lowest BCUT2D eigenvalue weighted by Gasteiger charge is -2.25. The quantitative estimate of drug-likeness (QED) is 0.223. The number of pyridine rings is 1. The van der Waals surface area contributed by atoms with Gasteiger partial charge in [0.05, 0.1) is 32.8 Å². The van der Waals surface area contributed by atoms with E-state index in [1.165, 1.54) is 36.2 Å². The molecule has 42 heavy (non-hydrogen) atoms. The van der Waals surface area contributed by atoms with Crippen molar-refractivity contribution in [3.05, 3.63) is 65.2 Å². The summed E-state index contributed by atoms with van der Waals surface area (Å²) in [7, 11) is 2.02. The van der Waals surface area contributed by atoms with Gasteiger partial charge in [-0.25, -0.2) is 9.78 Å². The minimum Gasteiger partial charge on any atom is -0.477 e. The molecule has 0 bridgehead atoms. The first-order valence-electron chi connectivity index (χ1n) is 15.1. The van der Waals surface area contributed by atoms with Crippen LogP contribution >= 0.6 is 11.3 Å². The maximum absolute atomic E-state index is 13.7. The Balaban J connectivity index is 1.41. The van der Waals surface area contributed by atoms with Crippen LogP contribution in [-0.2, 0) is 18.4 Å². The molecule has 1 atom stereocenters. The Labute approximate surface area is 249 Å². The fraction of sp³-hybridized carbons (Fsp3) is 0.382. The largest absolute Gasteiger partial charge is 0.477 e. The molecule has 8 heteroatoms. The molecule has 5 aromatic rings. The Morgan fingerprint density at radius 1 is 1.02 bits per heavy atom. The lowest BCUT2D eigenvalue weighted by Crippen LogP contribution is -2.36. The molecule has 0 spiro atoms. The van der Waals surface area contributed by atoms with Gasteiger partial charge in [-0.1, -0.05) is 31.4 Å². The Morgan fingerprint density at radius 3 is 2.57 bits per heavy atom. The standard InChI is InChI=1S/C34H36N4O3S/c1-21-8-6-17-37(21)30(39)20-38-28-19-29(34(40)41)42-33(28)31(22-9-4-3-5-10-22)32(38)24-13-14-25-23(18-24)12-15-26(35-25)27-11-7-16-36(27)2/h7,11-16,18-19,21-22H,3-6,8-10,17,20H2,1-2H3,(H,40,41). The molecule has 7 rings (SSSR count). The highest BCUT2D eigenvalue weighted by molar-refractivity contribution is 7.21. The lowest BCUT2D eigenvalue weighted by atomic mass is 9.83. The van der Waals surface area contributed by atoms with Gasteiger partial charge in [0.2, 0.25) is 5.91 Å². The van der Waals surface area contributed by atoms with Crippen LogP contribution < -0.4 is 0 Å². The second-order valence-electron chi connectivity index (χ2n) is 12.0. The summed E-state index contributed by atoms with van der Waals surface area (Å²) in [5.41, 5.74) is 7.13. The van der Waals surface area contributed by atoms with Crippen LogP contribution in [-0.4, -0.2) is 48.6 Å². The summed E-state index contributed by atoms with van der Waals surface area (Å²) in [6, 6.07) is 16.7. The van der Waals surface area contributed by atoms with Crippen molar-refractivity contribution in [2.24, 2.45) is 7.05 Å². The van der Waals surface area contributed by atoms with E-state index in [2.05, 4.69) is 52.5 Å². The topological polar surface area (TPSA) is 80.4 Å². The Bertz CT molecular complexity index is 1820. The molecule has 1 unspecified atom stereocenters. The number of aromatic carboxylic acids is 1. The molecule has 1 aliphatic heterocycles. The van der Waals surface area contributed by atoms with Crippen molar-refractivity contribution < 1.29 is 14.7 Å². The zero-order valence-electron chi connectivity index (χ0n) is 24.2. The van der Waals surface area contributed by atoms with Gasteiger partial charge in [0.1, 0.15) is 11.4 Å². The number of carbonyl (C=O) groups is 2. The van der Waals surface area contributed by atoms with Crippen LogP contribution in [0.25, 0.3) is 43.8 Å². The minimum atomic E-state index is -0.913. The summed E-state index contributed by atoms with van der Waals surface area (Å²) in [4.78, 5) is 33.1. The van der Waals surface area contributed by atoms with Crippen molar-refractivity contribution in [3.8, 4) is 22.6 Å². The normalized spacial score (nSPS) is 18.0. The second kappa shape index (κ2) is 10.7. The molecule has 2 aliphatic rings. The maximum atomic E-state index is 13.7. The number of rotatable bonds is 6. The number of fused-ring (bicyclic) bond motifs is 2. The smallest absolute Gasteiger partial charge is 0.345 e. The highest BCUT2D eigenvalue weighted by Crippen LogP contribution is 2.47. The van der Waals surface area contributed by atoms with Gasteiger partial charge in [-0.15, -0.1) is 11.3 Å². The van der Waals surface area contributed by atoms with E-state index in [-0.39, 0.29) is 18.5 Å². The van der Waals surface area contributed by atoms with E-state index >= 15 is 0 Å². The molecule has 1 saturated carbocycles. The number of aryl methyl sites for hydroxylation is 1. The molecule has 1 saturated heterocycles. The van der Waals surface area contributed by atoms with Crippen molar-refractivity contribution in [2.45, 2.75) is 70.4 Å². The molecule has 0 radical (unpaired) electrons. The van der Waals surface area contributed by atoms with Crippen LogP contribution in [0.4, 0.5) is 0 Å². The molecular weight excluding hydrogens is 544 g/mol. The number of carboxylic acid groups (broad SMARTS) is 1. The van der Waals surface area contributed by atoms with Gasteiger partial charge in [0.25, 0.3) is 0 Å². The van der Waals surface area contributed by atoms with Crippen molar-refractivity contribution in [3.63, 3.8) is 0 Å². The molecule has 7 nitrogen and oxygen atoms in total. The molecule has 4 aromatic heterocycles. The van der Waals surface area contributed by atoms with Crippen LogP contribution in [0, 0.1) is 0 Å². The number of amides is 1. The summed E-state index contributed by atoms with van der Waals surface area (Å²) in [5, 5.41) is 11.0. The van der Waals surface area contributed by atoms with E-state index in [1.54, 1.807) is 6.07 Å². The molecule has 1 amide bonds. The first kappa shape index (κ1) is 27.0. The summed E-state index contributed by atoms with van der Waals surface area (Å²) >= 11 is 1.36. The molecule has 5 heterocycles. The maximum Gasteiger partial charge on any atom is 0.345 e. The number of carboxylic acids is 1. The third-order valence-electron chi connectivity index (χ3n) is 9.33. The van der Waals surface area contributed by atoms with Crippen molar-refractivity contribution >= 4 is 44.3 Å². The van der Waals surface area contributed by atoms with E-state index < -0.39 is 5.97 Å². The summed E-state index contributed by atoms with van der Waals surface area (Å²) < 4.78 is 5.22. The second-order valence-corrected chi connectivity index (χ2v) is 13.1. The molecule has 1 aromatic carbocycles. The third-order valence-corrected chi connectivity index (χ3v) is 10.5. The van der Waals surface area contributed by atoms with Crippen molar-refractivity contribution in [2.75, 3.05) is 6.54 Å². The highest BCUT2D eigenvalue weighted by atomic mass is 32.1. The van der Waals surface area contributed by atoms with Gasteiger partial charge < -0.3 is 19.1 Å². The fourth-order valence-electron chi connectivity index (χ4n) is 7.17. The number of thiophene rings is 1. The first-order chi connectivity index (χ1) is 20.4. The third kappa shape index (κ3) is 4.62. The number of hydrogen-bond acceptors (Lipinski definition) is 4. The first-order valence-corrected chi connectivity index (χ1v) is 15.9. The van der Waals surface area contributed by atoms with Gasteiger partial charge in [0.15, 0.2) is 0 Å². The van der Waals surface area contributed by atoms with E-state index in [9.17, 15) is 14.7 Å². The zero-order chi connectivity index (χ0) is 29.0. The van der Waals surface area contributed by atoms with Gasteiger partial charge in [0, 0.05) is 31.2 Å². The monoisotopic (exact) mass is 580 g/mol. The summed E-state index contributed by atoms with van der Waals surface area (Å²) in [6.45, 7) is 3.11. The van der Waals surface area contributed by atoms with Crippen molar-refractivity contribution in [1.82, 2.24) is 19.0 Å². The molecule has 2 fully saturated rings. The van der Waals surface area contributed by atoms with Gasteiger partial charge >= 0.3 is 5.97 Å². The van der Waals surface area contributed by atoms with Crippen LogP contribution in [0.15, 0.2) is 54.7 Å². The average molecular weight is 581 g/mol. The van der Waals surface area contributed by atoms with Crippen LogP contribution in [0.5, 0.6) is 0 Å². The van der Waals surface area contributed by atoms with Crippen LogP contribution in [0.1, 0.15) is 73.0 Å². The SMILES string of the molecule is CC1CCCN1C(=O)Cn1c(-c2ccc3nc(-c4cccn4C)ccc3c2)c(C2CCCCC2)c2sc(C(=O)O)cc21. The van der Waals surface area contributed by atoms with Crippen LogP contribution in [0.2, 0.25) is 0 Å². The van der Waals surface area contributed by atoms with Gasteiger partial charge in [-0.2, -0.15) is 0 Å². The number of benzene rings is 1. The van der Waals surface area contributed by atoms with Gasteiger partial charge in [-0.3, -0.25) is 4.79 Å². The number of hydrogen-bond donors (Lipinski definition) is 1. The summed E-state index contributed by atoms with van der Waals surface area (Å²) in [5.74, 6) is -0.470. The minimum absolute atomic E-state index is 0.103. The average Bonchev–Trinajstić information content (AvgIpc) is 3.78. The van der Waals surface area contributed by atoms with Gasteiger partial charge in [-0.05, 0) is 86.1 Å². The molecule has 216 valence electrons. The molecular formula is C34H36N4O3S. The van der Waals surface area contributed by atoms with Crippen molar-refractivity contribution in [1.29, 1.82) is 0 Å². The lowest BCUT2D eigenvalue weighted by molar-refractivity contribution is -0.132. The summed E-state index contributed by atoms with van der Waals surface area (Å²) in [6.07, 6.45) is 9.81. The Morgan fingerprint density at radius 2 is 1.86 bits per heavy atom. The van der Waals surface area contributed by atoms with Crippen LogP contribution in [0.3, 0.4) is 0 Å². The molecule has 1 N–H and O–H groups in total.